The lowest BCUT2D eigenvalue weighted by Crippen LogP contribution is -2.49. The number of hydrogen-bond donors (Lipinski definition) is 0. The Morgan fingerprint density at radius 1 is 1.05 bits per heavy atom. The number of ether oxygens (including phenoxy) is 1. The average Bonchev–Trinajstić information content (AvgIpc) is 3.22. The quantitative estimate of drug-likeness (QED) is 0.159. The summed E-state index contributed by atoms with van der Waals surface area (Å²) in [5.74, 6) is -0.384. The highest BCUT2D eigenvalue weighted by Crippen LogP contribution is 2.44. The first-order chi connectivity index (χ1) is 18.2. The van der Waals surface area contributed by atoms with Crippen molar-refractivity contribution >= 4 is 37.2 Å². The van der Waals surface area contributed by atoms with Crippen molar-refractivity contribution in [3.8, 4) is 11.1 Å². The number of carbonyl (C=O) groups excluding carboxylic acids is 1. The van der Waals surface area contributed by atoms with Crippen LogP contribution in [0.5, 0.6) is 0 Å². The van der Waals surface area contributed by atoms with Gasteiger partial charge in [-0.2, -0.15) is 0 Å². The minimum absolute atomic E-state index is 0.00431. The Labute approximate surface area is 225 Å². The van der Waals surface area contributed by atoms with Crippen molar-refractivity contribution in [2.75, 3.05) is 37.7 Å². The molecule has 9 nitrogen and oxygen atoms in total. The molecule has 5 rings (SSSR count). The van der Waals surface area contributed by atoms with E-state index < -0.39 is 9.05 Å². The zero-order valence-corrected chi connectivity index (χ0v) is 22.3. The van der Waals surface area contributed by atoms with Gasteiger partial charge in [0.15, 0.2) is 0 Å². The number of azide groups is 1. The highest BCUT2D eigenvalue weighted by molar-refractivity contribution is 8.13. The molecule has 11 heteroatoms. The van der Waals surface area contributed by atoms with Gasteiger partial charge in [-0.05, 0) is 58.0 Å². The van der Waals surface area contributed by atoms with Gasteiger partial charge in [0.25, 0.3) is 0 Å². The van der Waals surface area contributed by atoms with E-state index in [0.717, 1.165) is 22.4 Å². The van der Waals surface area contributed by atoms with Crippen molar-refractivity contribution in [3.05, 3.63) is 93.4 Å². The van der Waals surface area contributed by atoms with Crippen LogP contribution in [-0.2, 0) is 19.5 Å². The smallest absolute Gasteiger partial charge is 0.409 e. The van der Waals surface area contributed by atoms with Crippen LogP contribution in [0.1, 0.15) is 28.2 Å². The molecule has 1 saturated heterocycles. The van der Waals surface area contributed by atoms with Crippen LogP contribution in [0.25, 0.3) is 21.6 Å². The van der Waals surface area contributed by atoms with Gasteiger partial charge >= 0.3 is 6.09 Å². The van der Waals surface area contributed by atoms with E-state index in [9.17, 15) is 13.2 Å². The summed E-state index contributed by atoms with van der Waals surface area (Å²) in [7, 11) is 1.67. The Morgan fingerprint density at radius 2 is 1.66 bits per heavy atom. The highest BCUT2D eigenvalue weighted by Gasteiger charge is 2.30. The van der Waals surface area contributed by atoms with Crippen LogP contribution in [-0.4, -0.2) is 52.2 Å². The molecule has 196 valence electrons. The summed E-state index contributed by atoms with van der Waals surface area (Å²) < 4.78 is 29.1. The molecule has 3 aromatic rings. The highest BCUT2D eigenvalue weighted by atomic mass is 35.7. The number of hydrogen-bond acceptors (Lipinski definition) is 6. The third-order valence-corrected chi connectivity index (χ3v) is 8.12. The molecule has 38 heavy (non-hydrogen) atoms. The molecule has 0 radical (unpaired) electrons. The van der Waals surface area contributed by atoms with Crippen LogP contribution in [0.15, 0.2) is 65.8 Å². The lowest BCUT2D eigenvalue weighted by atomic mass is 9.98. The van der Waals surface area contributed by atoms with Gasteiger partial charge in [-0.15, -0.1) is 0 Å². The molecule has 0 atom stereocenters. The van der Waals surface area contributed by atoms with Crippen LogP contribution in [0.4, 0.5) is 16.2 Å². The number of anilines is 1. The molecule has 0 saturated carbocycles. The number of piperazine rings is 1. The number of halogens is 1. The number of rotatable bonds is 6. The summed E-state index contributed by atoms with van der Waals surface area (Å²) in [4.78, 5) is 19.6. The van der Waals surface area contributed by atoms with Crippen LogP contribution in [0, 0.1) is 6.92 Å². The van der Waals surface area contributed by atoms with Crippen molar-refractivity contribution in [2.45, 2.75) is 18.6 Å². The second kappa shape index (κ2) is 10.6. The van der Waals surface area contributed by atoms with E-state index in [1.165, 1.54) is 17.2 Å². The van der Waals surface area contributed by atoms with Crippen LogP contribution in [0.3, 0.4) is 0 Å². The molecule has 1 aliphatic carbocycles. The lowest BCUT2D eigenvalue weighted by molar-refractivity contribution is 0.0977. The van der Waals surface area contributed by atoms with Crippen molar-refractivity contribution in [2.24, 2.45) is 5.11 Å². The summed E-state index contributed by atoms with van der Waals surface area (Å²) in [6, 6.07) is 19.7. The summed E-state index contributed by atoms with van der Waals surface area (Å²) in [6.45, 7) is 3.97. The molecule has 2 aliphatic rings. The fraction of sp³-hybridized carbons (Fsp3) is 0.296. The van der Waals surface area contributed by atoms with Crippen molar-refractivity contribution in [3.63, 3.8) is 0 Å². The number of fused-ring (bicyclic) bond motifs is 3. The maximum absolute atomic E-state index is 13.0. The Morgan fingerprint density at radius 3 is 2.24 bits per heavy atom. The molecule has 0 unspecified atom stereocenters. The maximum Gasteiger partial charge on any atom is 0.409 e. The number of carbonyl (C=O) groups is 1. The number of amides is 1. The SMILES string of the molecule is Cc1c(N=[N+]=[N-])cc(CS(=O)(=O)Cl)cc1N1CCN(C(=O)OCC2c3ccccc3-c3ccccc32)CC1. The van der Waals surface area contributed by atoms with E-state index in [4.69, 9.17) is 21.0 Å². The standard InChI is InChI=1S/C27H26ClN5O4S/c1-18-25(30-31-29)14-19(17-38(28,35)36)15-26(18)32-10-12-33(13-11-32)27(34)37-16-24-22-8-4-2-6-20(22)21-7-3-5-9-23(21)24/h2-9,14-15,24H,10-13,16-17H2,1H3. The molecule has 1 fully saturated rings. The van der Waals surface area contributed by atoms with Crippen molar-refractivity contribution in [1.29, 1.82) is 0 Å². The third kappa shape index (κ3) is 5.29. The molecule has 1 heterocycles. The van der Waals surface area contributed by atoms with Crippen LogP contribution >= 0.6 is 10.7 Å². The molecule has 0 N–H and O–H groups in total. The van der Waals surface area contributed by atoms with E-state index in [2.05, 4.69) is 34.3 Å². The predicted octanol–water partition coefficient (Wildman–Crippen LogP) is 6.08. The molecule has 0 bridgehead atoms. The van der Waals surface area contributed by atoms with E-state index >= 15 is 0 Å². The Kier molecular flexibility index (Phi) is 7.21. The average molecular weight is 552 g/mol. The molecule has 1 amide bonds. The first-order valence-corrected chi connectivity index (χ1v) is 14.7. The molecule has 1 aliphatic heterocycles. The molecular formula is C27H26ClN5O4S. The van der Waals surface area contributed by atoms with Gasteiger partial charge in [-0.25, -0.2) is 13.2 Å². The van der Waals surface area contributed by atoms with E-state index in [1.807, 2.05) is 36.1 Å². The zero-order valence-electron chi connectivity index (χ0n) is 20.7. The number of benzene rings is 3. The number of nitrogens with zero attached hydrogens (tertiary/aromatic N) is 5. The molecule has 3 aromatic carbocycles. The Balaban J connectivity index is 1.26. The first-order valence-electron chi connectivity index (χ1n) is 12.2. The molecule has 0 aromatic heterocycles. The largest absolute Gasteiger partial charge is 0.448 e. The summed E-state index contributed by atoms with van der Waals surface area (Å²) >= 11 is 0. The molecular weight excluding hydrogens is 526 g/mol. The third-order valence-electron chi connectivity index (χ3n) is 7.12. The van der Waals surface area contributed by atoms with Gasteiger partial charge in [0.1, 0.15) is 6.61 Å². The predicted molar refractivity (Wildman–Crippen MR) is 147 cm³/mol. The Hall–Kier alpha value is -3.72. The zero-order chi connectivity index (χ0) is 26.9. The fourth-order valence-corrected chi connectivity index (χ4v) is 6.26. The van der Waals surface area contributed by atoms with Gasteiger partial charge in [0.2, 0.25) is 9.05 Å². The Bertz CT molecular complexity index is 1500. The first kappa shape index (κ1) is 25.9. The second-order valence-electron chi connectivity index (χ2n) is 9.41. The maximum atomic E-state index is 13.0. The van der Waals surface area contributed by atoms with Gasteiger partial charge in [0.05, 0.1) is 5.75 Å². The topological polar surface area (TPSA) is 116 Å². The van der Waals surface area contributed by atoms with E-state index in [0.29, 0.717) is 37.4 Å². The van der Waals surface area contributed by atoms with Crippen LogP contribution in [0.2, 0.25) is 0 Å². The van der Waals surface area contributed by atoms with E-state index in [-0.39, 0.29) is 24.4 Å². The molecule has 0 spiro atoms. The van der Waals surface area contributed by atoms with Gasteiger partial charge < -0.3 is 14.5 Å². The van der Waals surface area contributed by atoms with E-state index in [1.54, 1.807) is 11.0 Å². The van der Waals surface area contributed by atoms with Gasteiger partial charge in [0, 0.05) is 59.1 Å². The van der Waals surface area contributed by atoms with Crippen molar-refractivity contribution < 1.29 is 17.9 Å². The second-order valence-corrected chi connectivity index (χ2v) is 12.2. The summed E-state index contributed by atoms with van der Waals surface area (Å²) in [5, 5.41) is 3.72. The van der Waals surface area contributed by atoms with Gasteiger partial charge in [-0.3, -0.25) is 0 Å². The summed E-state index contributed by atoms with van der Waals surface area (Å²) in [5.41, 5.74) is 15.9. The minimum Gasteiger partial charge on any atom is -0.448 e. The monoisotopic (exact) mass is 551 g/mol. The summed E-state index contributed by atoms with van der Waals surface area (Å²) in [6.07, 6.45) is -0.361. The lowest BCUT2D eigenvalue weighted by Gasteiger charge is -2.36. The van der Waals surface area contributed by atoms with Crippen LogP contribution < -0.4 is 4.90 Å². The normalized spacial score (nSPS) is 15.0. The van der Waals surface area contributed by atoms with Crippen molar-refractivity contribution in [1.82, 2.24) is 4.90 Å². The minimum atomic E-state index is -3.79. The fourth-order valence-electron chi connectivity index (χ4n) is 5.32. The van der Waals surface area contributed by atoms with Gasteiger partial charge in [-0.1, -0.05) is 53.6 Å².